The number of aliphatic imine (C=N–C) groups is 1. The molecule has 0 aliphatic rings. The number of methoxy groups -OCH3 is 1. The number of guanidine groups is 1. The highest BCUT2D eigenvalue weighted by atomic mass is 19.1. The van der Waals surface area contributed by atoms with Gasteiger partial charge in [0.25, 0.3) is 0 Å². The largest absolute Gasteiger partial charge is 0.493 e. The lowest BCUT2D eigenvalue weighted by atomic mass is 10.1. The molecule has 7 heteroatoms. The van der Waals surface area contributed by atoms with Crippen LogP contribution in [0.4, 0.5) is 4.39 Å². The summed E-state index contributed by atoms with van der Waals surface area (Å²) in [6, 6.07) is 10.7. The Morgan fingerprint density at radius 3 is 2.76 bits per heavy atom. The van der Waals surface area contributed by atoms with Crippen LogP contribution in [0.5, 0.6) is 11.5 Å². The number of H-pyrrole nitrogens is 1. The molecule has 0 bridgehead atoms. The quantitative estimate of drug-likeness (QED) is 0.400. The van der Waals surface area contributed by atoms with E-state index in [0.29, 0.717) is 31.4 Å². The molecule has 3 aromatic rings. The first-order valence-corrected chi connectivity index (χ1v) is 9.64. The smallest absolute Gasteiger partial charge is 0.191 e. The molecule has 0 aliphatic heterocycles. The average molecular weight is 398 g/mol. The fourth-order valence-electron chi connectivity index (χ4n) is 3.18. The third-order valence-corrected chi connectivity index (χ3v) is 4.63. The molecule has 0 aliphatic carbocycles. The maximum Gasteiger partial charge on any atom is 0.191 e. The van der Waals surface area contributed by atoms with Crippen LogP contribution in [-0.2, 0) is 13.0 Å². The van der Waals surface area contributed by atoms with E-state index < -0.39 is 0 Å². The van der Waals surface area contributed by atoms with Gasteiger partial charge < -0.3 is 25.1 Å². The fourth-order valence-corrected chi connectivity index (χ4v) is 3.18. The third-order valence-electron chi connectivity index (χ3n) is 4.63. The normalized spacial score (nSPS) is 11.5. The van der Waals surface area contributed by atoms with E-state index in [4.69, 9.17) is 9.47 Å². The van der Waals surface area contributed by atoms with Gasteiger partial charge in [0.1, 0.15) is 5.82 Å². The van der Waals surface area contributed by atoms with E-state index in [9.17, 15) is 4.39 Å². The van der Waals surface area contributed by atoms with Crippen LogP contribution in [0.15, 0.2) is 47.6 Å². The Bertz CT molecular complexity index is 984. The van der Waals surface area contributed by atoms with Crippen LogP contribution in [0.1, 0.15) is 18.1 Å². The number of aromatic amines is 1. The van der Waals surface area contributed by atoms with Crippen molar-refractivity contribution in [1.82, 2.24) is 15.6 Å². The molecule has 0 spiro atoms. The second kappa shape index (κ2) is 9.82. The van der Waals surface area contributed by atoms with Crippen molar-refractivity contribution in [3.63, 3.8) is 0 Å². The summed E-state index contributed by atoms with van der Waals surface area (Å²) < 4.78 is 24.3. The molecule has 0 saturated carbocycles. The number of nitrogens with zero attached hydrogens (tertiary/aromatic N) is 1. The molecule has 1 heterocycles. The van der Waals surface area contributed by atoms with E-state index in [2.05, 4.69) is 20.6 Å². The van der Waals surface area contributed by atoms with Crippen LogP contribution in [-0.4, -0.2) is 38.3 Å². The number of fused-ring (bicyclic) bond motifs is 1. The van der Waals surface area contributed by atoms with E-state index in [1.807, 2.05) is 37.4 Å². The van der Waals surface area contributed by atoms with Crippen molar-refractivity contribution in [2.75, 3.05) is 27.3 Å². The summed E-state index contributed by atoms with van der Waals surface area (Å²) in [5, 5.41) is 7.65. The molecule has 0 fully saturated rings. The Hall–Kier alpha value is -3.22. The zero-order valence-corrected chi connectivity index (χ0v) is 17.0. The van der Waals surface area contributed by atoms with Gasteiger partial charge >= 0.3 is 0 Å². The monoisotopic (exact) mass is 398 g/mol. The molecular weight excluding hydrogens is 371 g/mol. The van der Waals surface area contributed by atoms with Gasteiger partial charge in [-0.15, -0.1) is 0 Å². The molecule has 0 radical (unpaired) electrons. The Balaban J connectivity index is 1.53. The van der Waals surface area contributed by atoms with Crippen molar-refractivity contribution in [3.8, 4) is 11.5 Å². The number of rotatable bonds is 8. The Morgan fingerprint density at radius 1 is 1.14 bits per heavy atom. The SMILES string of the molecule is CCOc1ccc(CNC(=NC)NCCc2c[nH]c3cc(F)ccc23)cc1OC. The van der Waals surface area contributed by atoms with Gasteiger partial charge in [-0.25, -0.2) is 4.39 Å². The van der Waals surface area contributed by atoms with Gasteiger partial charge in [0.2, 0.25) is 0 Å². The van der Waals surface area contributed by atoms with Crippen LogP contribution in [0, 0.1) is 5.82 Å². The van der Waals surface area contributed by atoms with E-state index in [1.54, 1.807) is 14.2 Å². The highest BCUT2D eigenvalue weighted by Gasteiger charge is 2.07. The summed E-state index contributed by atoms with van der Waals surface area (Å²) in [5.41, 5.74) is 3.01. The predicted octanol–water partition coefficient (Wildman–Crippen LogP) is 3.62. The number of aromatic nitrogens is 1. The van der Waals surface area contributed by atoms with Crippen LogP contribution in [0.2, 0.25) is 0 Å². The number of benzene rings is 2. The molecule has 6 nitrogen and oxygen atoms in total. The molecule has 0 saturated heterocycles. The Morgan fingerprint density at radius 2 is 2.00 bits per heavy atom. The summed E-state index contributed by atoms with van der Waals surface area (Å²) in [4.78, 5) is 7.38. The van der Waals surface area contributed by atoms with Crippen LogP contribution in [0.3, 0.4) is 0 Å². The number of ether oxygens (including phenoxy) is 2. The summed E-state index contributed by atoms with van der Waals surface area (Å²) in [6.07, 6.45) is 2.72. The first-order chi connectivity index (χ1) is 14.1. The van der Waals surface area contributed by atoms with Gasteiger partial charge in [-0.1, -0.05) is 6.07 Å². The van der Waals surface area contributed by atoms with Crippen molar-refractivity contribution in [3.05, 3.63) is 59.5 Å². The van der Waals surface area contributed by atoms with E-state index >= 15 is 0 Å². The number of halogens is 1. The fraction of sp³-hybridized carbons (Fsp3) is 0.318. The minimum atomic E-state index is -0.237. The lowest BCUT2D eigenvalue weighted by molar-refractivity contribution is 0.310. The molecule has 29 heavy (non-hydrogen) atoms. The van der Waals surface area contributed by atoms with Gasteiger partial charge in [0.05, 0.1) is 13.7 Å². The number of hydrogen-bond acceptors (Lipinski definition) is 3. The highest BCUT2D eigenvalue weighted by Crippen LogP contribution is 2.28. The lowest BCUT2D eigenvalue weighted by Crippen LogP contribution is -2.37. The summed E-state index contributed by atoms with van der Waals surface area (Å²) in [6.45, 7) is 3.85. The molecule has 3 N–H and O–H groups in total. The minimum absolute atomic E-state index is 0.237. The van der Waals surface area contributed by atoms with Crippen molar-refractivity contribution in [2.45, 2.75) is 19.9 Å². The van der Waals surface area contributed by atoms with Crippen LogP contribution >= 0.6 is 0 Å². The predicted molar refractivity (Wildman–Crippen MR) is 114 cm³/mol. The second-order valence-electron chi connectivity index (χ2n) is 6.52. The maximum atomic E-state index is 13.3. The Labute approximate surface area is 170 Å². The van der Waals surface area contributed by atoms with Crippen molar-refractivity contribution < 1.29 is 13.9 Å². The van der Waals surface area contributed by atoms with Crippen molar-refractivity contribution in [2.24, 2.45) is 4.99 Å². The van der Waals surface area contributed by atoms with Crippen LogP contribution in [0.25, 0.3) is 10.9 Å². The number of nitrogens with one attached hydrogen (secondary N) is 3. The van der Waals surface area contributed by atoms with E-state index in [-0.39, 0.29) is 5.82 Å². The van der Waals surface area contributed by atoms with Gasteiger partial charge in [-0.05, 0) is 54.8 Å². The molecule has 2 aromatic carbocycles. The summed E-state index contributed by atoms with van der Waals surface area (Å²) in [5.74, 6) is 1.92. The molecule has 0 atom stereocenters. The van der Waals surface area contributed by atoms with Gasteiger partial charge in [0, 0.05) is 37.2 Å². The van der Waals surface area contributed by atoms with Crippen molar-refractivity contribution >= 4 is 16.9 Å². The molecule has 1 aromatic heterocycles. The van der Waals surface area contributed by atoms with Gasteiger partial charge in [-0.2, -0.15) is 0 Å². The maximum absolute atomic E-state index is 13.3. The second-order valence-corrected chi connectivity index (χ2v) is 6.52. The van der Waals surface area contributed by atoms with Gasteiger partial charge in [0.15, 0.2) is 17.5 Å². The topological polar surface area (TPSA) is 70.7 Å². The third kappa shape index (κ3) is 5.19. The summed E-state index contributed by atoms with van der Waals surface area (Å²) >= 11 is 0. The highest BCUT2D eigenvalue weighted by molar-refractivity contribution is 5.83. The molecule has 0 amide bonds. The van der Waals surface area contributed by atoms with E-state index in [0.717, 1.165) is 34.2 Å². The zero-order chi connectivity index (χ0) is 20.6. The molecule has 3 rings (SSSR count). The minimum Gasteiger partial charge on any atom is -0.493 e. The van der Waals surface area contributed by atoms with Crippen molar-refractivity contribution in [1.29, 1.82) is 0 Å². The molecular formula is C22H27FN4O2. The van der Waals surface area contributed by atoms with E-state index in [1.165, 1.54) is 12.1 Å². The molecule has 154 valence electrons. The standard InChI is InChI=1S/C22H27FN4O2/c1-4-29-20-8-5-15(11-21(20)28-3)13-27-22(24-2)25-10-9-16-14-26-19-12-17(23)6-7-18(16)19/h5-8,11-12,14,26H,4,9-10,13H2,1-3H3,(H2,24,25,27). The Kier molecular flexibility index (Phi) is 6.94. The first kappa shape index (κ1) is 20.5. The first-order valence-electron chi connectivity index (χ1n) is 9.64. The average Bonchev–Trinajstić information content (AvgIpc) is 3.13. The summed E-state index contributed by atoms with van der Waals surface area (Å²) in [7, 11) is 3.37. The molecule has 0 unspecified atom stereocenters. The van der Waals surface area contributed by atoms with Crippen LogP contribution < -0.4 is 20.1 Å². The van der Waals surface area contributed by atoms with Gasteiger partial charge in [-0.3, -0.25) is 4.99 Å². The number of hydrogen-bond donors (Lipinski definition) is 3. The zero-order valence-electron chi connectivity index (χ0n) is 17.0. The lowest BCUT2D eigenvalue weighted by Gasteiger charge is -2.14.